The molecule has 1 aliphatic rings. The predicted octanol–water partition coefficient (Wildman–Crippen LogP) is 1.69. The van der Waals surface area contributed by atoms with E-state index in [9.17, 15) is 19.1 Å². The smallest absolute Gasteiger partial charge is 0.258 e. The van der Waals surface area contributed by atoms with Gasteiger partial charge in [-0.15, -0.1) is 6.58 Å². The summed E-state index contributed by atoms with van der Waals surface area (Å²) in [5.74, 6) is -1.32. The van der Waals surface area contributed by atoms with Crippen LogP contribution >= 0.6 is 11.6 Å². The van der Waals surface area contributed by atoms with Crippen LogP contribution in [-0.2, 0) is 19.4 Å². The van der Waals surface area contributed by atoms with Crippen LogP contribution in [0.2, 0.25) is 5.02 Å². The summed E-state index contributed by atoms with van der Waals surface area (Å²) in [5.41, 5.74) is -0.281. The molecule has 4 unspecified atom stereocenters. The Hall–Kier alpha value is -2.24. The van der Waals surface area contributed by atoms with Gasteiger partial charge in [0.1, 0.15) is 30.4 Å². The molecule has 0 spiro atoms. The van der Waals surface area contributed by atoms with Gasteiger partial charge in [-0.25, -0.2) is 14.2 Å². The van der Waals surface area contributed by atoms with Crippen molar-refractivity contribution in [1.29, 1.82) is 0 Å². The third-order valence-corrected chi connectivity index (χ3v) is 5.10. The molecule has 184 valence electrons. The number of carbonyl (C=O) groups is 2. The first kappa shape index (κ1) is 27.0. The molecular formula is C22H31ClFN3O6. The van der Waals surface area contributed by atoms with Crippen molar-refractivity contribution >= 4 is 23.4 Å². The summed E-state index contributed by atoms with van der Waals surface area (Å²) in [6.45, 7) is 9.15. The molecule has 0 bridgehead atoms. The molecule has 0 radical (unpaired) electrons. The molecule has 9 nitrogen and oxygen atoms in total. The fraction of sp³-hybridized carbons (Fsp3) is 0.545. The fourth-order valence-electron chi connectivity index (χ4n) is 2.85. The van der Waals surface area contributed by atoms with E-state index in [0.29, 0.717) is 0 Å². The Bertz CT molecular complexity index is 835. The maximum Gasteiger partial charge on any atom is 0.258 e. The van der Waals surface area contributed by atoms with Gasteiger partial charge in [0.15, 0.2) is 6.61 Å². The summed E-state index contributed by atoms with van der Waals surface area (Å²) in [6, 6.07) is 2.67. The molecule has 1 saturated heterocycles. The zero-order chi connectivity index (χ0) is 24.6. The van der Waals surface area contributed by atoms with Gasteiger partial charge in [0, 0.05) is 24.1 Å². The Labute approximate surface area is 197 Å². The molecule has 1 aromatic carbocycles. The minimum atomic E-state index is -0.952. The zero-order valence-electron chi connectivity index (χ0n) is 18.9. The molecule has 4 N–H and O–H groups in total. The molecule has 1 aromatic rings. The van der Waals surface area contributed by atoms with Crippen molar-refractivity contribution in [2.45, 2.75) is 51.6 Å². The maximum absolute atomic E-state index is 13.4. The molecule has 11 heteroatoms. The highest BCUT2D eigenvalue weighted by atomic mass is 35.5. The summed E-state index contributed by atoms with van der Waals surface area (Å²) in [7, 11) is 0. The minimum absolute atomic E-state index is 0.0401. The Morgan fingerprint density at radius 3 is 2.82 bits per heavy atom. The zero-order valence-corrected chi connectivity index (χ0v) is 19.7. The van der Waals surface area contributed by atoms with E-state index in [1.165, 1.54) is 18.2 Å². The van der Waals surface area contributed by atoms with Crippen LogP contribution in [-0.4, -0.2) is 61.1 Å². The van der Waals surface area contributed by atoms with Gasteiger partial charge in [-0.05, 0) is 18.6 Å². The van der Waals surface area contributed by atoms with Crippen LogP contribution in [0.15, 0.2) is 30.9 Å². The number of carbonyl (C=O) groups excluding carboxylic acids is 2. The Balaban J connectivity index is 1.74. The first-order chi connectivity index (χ1) is 15.5. The lowest BCUT2D eigenvalue weighted by Gasteiger charge is -2.37. The number of rotatable bonds is 10. The number of ether oxygens (including phenoxy) is 1. The van der Waals surface area contributed by atoms with Crippen molar-refractivity contribution in [3.8, 4) is 5.75 Å². The first-order valence-electron chi connectivity index (χ1n) is 10.5. The van der Waals surface area contributed by atoms with E-state index in [2.05, 4.69) is 22.5 Å². The molecule has 0 aliphatic carbocycles. The number of benzene rings is 1. The number of halogens is 2. The topological polar surface area (TPSA) is 118 Å². The molecule has 1 aliphatic heterocycles. The molecule has 0 saturated carbocycles. The van der Waals surface area contributed by atoms with Crippen molar-refractivity contribution in [3.63, 3.8) is 0 Å². The highest BCUT2D eigenvalue weighted by Gasteiger charge is 2.35. The van der Waals surface area contributed by atoms with Crippen LogP contribution in [0.4, 0.5) is 4.39 Å². The first-order valence-corrected chi connectivity index (χ1v) is 10.9. The van der Waals surface area contributed by atoms with Crippen LogP contribution in [0.25, 0.3) is 0 Å². The number of aliphatic hydroxyl groups is 1. The van der Waals surface area contributed by atoms with Crippen molar-refractivity contribution < 1.29 is 33.6 Å². The van der Waals surface area contributed by atoms with E-state index in [1.54, 1.807) is 0 Å². The van der Waals surface area contributed by atoms with E-state index in [-0.39, 0.29) is 48.3 Å². The Kier molecular flexibility index (Phi) is 10.1. The van der Waals surface area contributed by atoms with Gasteiger partial charge >= 0.3 is 0 Å². The average molecular weight is 488 g/mol. The van der Waals surface area contributed by atoms with Gasteiger partial charge in [0.2, 0.25) is 5.91 Å². The molecule has 2 amide bonds. The summed E-state index contributed by atoms with van der Waals surface area (Å²) >= 11 is 5.60. The van der Waals surface area contributed by atoms with Gasteiger partial charge in [-0.3, -0.25) is 14.9 Å². The highest BCUT2D eigenvalue weighted by Crippen LogP contribution is 2.23. The molecular weight excluding hydrogens is 457 g/mol. The molecule has 1 heterocycles. The summed E-state index contributed by atoms with van der Waals surface area (Å²) < 4.78 is 18.6. The fourth-order valence-corrected chi connectivity index (χ4v) is 2.97. The molecule has 0 aromatic heterocycles. The normalized spacial score (nSPS) is 20.4. The predicted molar refractivity (Wildman–Crippen MR) is 120 cm³/mol. The largest absolute Gasteiger partial charge is 0.484 e. The summed E-state index contributed by atoms with van der Waals surface area (Å²) in [6.07, 6.45) is 0.219. The standard InChI is InChI=1S/C22H31ClFN3O6/c1-5-13(26-20(30)18-11-32-33-21(27-18)22(2,3)4)8-14(28)10-25-19(29)12-31-15-6-7-16(23)17(24)9-15/h5-7,9,13-14,18,21,27-28H,1,8,10-12H2,2-4H3,(H,25,29)(H,26,30). The minimum Gasteiger partial charge on any atom is -0.484 e. The third kappa shape index (κ3) is 8.90. The van der Waals surface area contributed by atoms with Gasteiger partial charge in [-0.2, -0.15) is 0 Å². The molecule has 1 fully saturated rings. The van der Waals surface area contributed by atoms with Gasteiger partial charge in [-0.1, -0.05) is 38.4 Å². The summed E-state index contributed by atoms with van der Waals surface area (Å²) in [5, 5.41) is 18.6. The number of hydrogen-bond acceptors (Lipinski definition) is 7. The van der Waals surface area contributed by atoms with Gasteiger partial charge < -0.3 is 20.5 Å². The second kappa shape index (κ2) is 12.3. The van der Waals surface area contributed by atoms with Crippen LogP contribution in [0.1, 0.15) is 27.2 Å². The van der Waals surface area contributed by atoms with Crippen LogP contribution in [0.3, 0.4) is 0 Å². The van der Waals surface area contributed by atoms with Crippen molar-refractivity contribution in [2.75, 3.05) is 19.8 Å². The maximum atomic E-state index is 13.4. The third-order valence-electron chi connectivity index (χ3n) is 4.79. The van der Waals surface area contributed by atoms with E-state index in [1.807, 2.05) is 20.8 Å². The quantitative estimate of drug-likeness (QED) is 0.293. The van der Waals surface area contributed by atoms with Crippen LogP contribution < -0.4 is 20.7 Å². The number of hydrogen-bond donors (Lipinski definition) is 4. The van der Waals surface area contributed by atoms with E-state index < -0.39 is 36.1 Å². The van der Waals surface area contributed by atoms with E-state index in [4.69, 9.17) is 26.1 Å². The average Bonchev–Trinajstić information content (AvgIpc) is 2.77. The second-order valence-corrected chi connectivity index (χ2v) is 9.16. The Morgan fingerprint density at radius 1 is 1.45 bits per heavy atom. The lowest BCUT2D eigenvalue weighted by atomic mass is 9.93. The monoisotopic (exact) mass is 487 g/mol. The van der Waals surface area contributed by atoms with Crippen molar-refractivity contribution in [1.82, 2.24) is 16.0 Å². The lowest BCUT2D eigenvalue weighted by Crippen LogP contribution is -2.59. The Morgan fingerprint density at radius 2 is 2.18 bits per heavy atom. The van der Waals surface area contributed by atoms with Crippen molar-refractivity contribution in [2.24, 2.45) is 5.41 Å². The lowest BCUT2D eigenvalue weighted by molar-refractivity contribution is -0.371. The highest BCUT2D eigenvalue weighted by molar-refractivity contribution is 6.30. The molecule has 2 rings (SSSR count). The number of nitrogens with one attached hydrogen (secondary N) is 3. The van der Waals surface area contributed by atoms with E-state index >= 15 is 0 Å². The van der Waals surface area contributed by atoms with E-state index in [0.717, 1.165) is 6.07 Å². The second-order valence-electron chi connectivity index (χ2n) is 8.76. The molecule has 4 atom stereocenters. The summed E-state index contributed by atoms with van der Waals surface area (Å²) in [4.78, 5) is 34.8. The number of amides is 2. The SMILES string of the molecule is C=CC(CC(O)CNC(=O)COc1ccc(Cl)c(F)c1)NC(=O)C1COOC(C(C)(C)C)N1. The number of aliphatic hydroxyl groups excluding tert-OH is 1. The van der Waals surface area contributed by atoms with Gasteiger partial charge in [0.05, 0.1) is 11.1 Å². The van der Waals surface area contributed by atoms with Gasteiger partial charge in [0.25, 0.3) is 5.91 Å². The van der Waals surface area contributed by atoms with Crippen LogP contribution in [0, 0.1) is 11.2 Å². The molecule has 33 heavy (non-hydrogen) atoms. The van der Waals surface area contributed by atoms with Crippen LogP contribution in [0.5, 0.6) is 5.75 Å². The van der Waals surface area contributed by atoms with Crippen molar-refractivity contribution in [3.05, 3.63) is 41.7 Å².